The second kappa shape index (κ2) is 9.28. The molecule has 0 spiro atoms. The summed E-state index contributed by atoms with van der Waals surface area (Å²) in [6, 6.07) is 0. The summed E-state index contributed by atoms with van der Waals surface area (Å²) in [4.78, 5) is 1.44. The van der Waals surface area contributed by atoms with Crippen molar-refractivity contribution in [3.8, 4) is 0 Å². The molecule has 19 heteroatoms. The molecule has 0 saturated heterocycles. The molecule has 0 aromatic heterocycles. The van der Waals surface area contributed by atoms with Crippen LogP contribution < -0.4 is 0 Å². The predicted molar refractivity (Wildman–Crippen MR) is 82.4 cm³/mol. The molecular weight excluding hydrogens is 511 g/mol. The zero-order valence-electron chi connectivity index (χ0n) is 16.0. The topological polar surface area (TPSA) is 63.7 Å². The van der Waals surface area contributed by atoms with E-state index in [4.69, 9.17) is 0 Å². The van der Waals surface area contributed by atoms with Gasteiger partial charge < -0.3 is 10.1 Å². The molecule has 0 amide bonds. The predicted octanol–water partition coefficient (Wildman–Crippen LogP) is 4.20. The van der Waals surface area contributed by atoms with Crippen LogP contribution in [-0.2, 0) is 10.0 Å². The van der Waals surface area contributed by atoms with E-state index in [9.17, 15) is 70.7 Å². The van der Waals surface area contributed by atoms with Gasteiger partial charge in [-0.1, -0.05) is 0 Å². The van der Waals surface area contributed by atoms with Crippen LogP contribution >= 0.6 is 0 Å². The Morgan fingerprint density at radius 2 is 1.09 bits per heavy atom. The second-order valence-electron chi connectivity index (χ2n) is 6.75. The van der Waals surface area contributed by atoms with Gasteiger partial charge in [-0.25, -0.2) is 8.42 Å². The molecule has 0 N–H and O–H groups in total. The molecule has 0 fully saturated rings. The Kier molecular flexibility index (Phi) is 8.97. The Balaban J connectivity index is 5.77. The van der Waals surface area contributed by atoms with Crippen molar-refractivity contribution < 1.29 is 65.5 Å². The van der Waals surface area contributed by atoms with Crippen LogP contribution in [0.15, 0.2) is 0 Å². The highest BCUT2D eigenvalue weighted by Gasteiger charge is 2.90. The lowest BCUT2D eigenvalue weighted by Crippen LogP contribution is -2.70. The van der Waals surface area contributed by atoms with Crippen molar-refractivity contribution in [3.05, 3.63) is 5.21 Å². The van der Waals surface area contributed by atoms with Gasteiger partial charge in [0.25, 0.3) is 0 Å². The normalized spacial score (nSPS) is 15.7. The van der Waals surface area contributed by atoms with Crippen molar-refractivity contribution in [2.24, 2.45) is 0 Å². The largest absolute Gasteiger partial charge is 0.772 e. The summed E-state index contributed by atoms with van der Waals surface area (Å²) in [5, 5.41) is 11.4. The fraction of sp³-hybridized carbons (Fsp3) is 1.00. The molecule has 0 aliphatic carbocycles. The average Bonchev–Trinajstić information content (AvgIpc) is 2.58. The SMILES string of the molecule is CN(C)CCCN([O-])S(=O)(=O)CCC(F)(F)C(F)(F)C(F)(F)C(F)(F)C(F)(F)C(F)(F)F. The molecule has 0 heterocycles. The minimum absolute atomic E-state index is 0.0806. The molecule has 0 bridgehead atoms. The number of rotatable bonds is 12. The standard InChI is InChI=1S/C13H16F13N2O3S/c1-27(2)5-3-6-28(29)32(30,31)7-4-8(14,15)9(16,17)10(18,19)11(20,21)12(22,23)13(24,25)26/h3-7H2,1-2H3/q-1. The van der Waals surface area contributed by atoms with Crippen molar-refractivity contribution in [1.29, 1.82) is 0 Å². The molecule has 0 aromatic carbocycles. The van der Waals surface area contributed by atoms with E-state index in [-0.39, 0.29) is 13.0 Å². The van der Waals surface area contributed by atoms with E-state index in [1.807, 2.05) is 0 Å². The van der Waals surface area contributed by atoms with Crippen LogP contribution in [0.25, 0.3) is 0 Å². The first-order valence-electron chi connectivity index (χ1n) is 8.07. The van der Waals surface area contributed by atoms with Gasteiger partial charge in [-0.05, 0) is 27.1 Å². The molecule has 0 radical (unpaired) electrons. The van der Waals surface area contributed by atoms with Crippen molar-refractivity contribution in [2.75, 3.05) is 32.9 Å². The lowest BCUT2D eigenvalue weighted by molar-refractivity contribution is -0.439. The van der Waals surface area contributed by atoms with Crippen LogP contribution in [-0.4, -0.2) is 86.5 Å². The fourth-order valence-corrected chi connectivity index (χ4v) is 3.10. The van der Waals surface area contributed by atoms with Gasteiger partial charge in [0, 0.05) is 13.0 Å². The molecule has 0 aliphatic heterocycles. The first-order chi connectivity index (χ1) is 13.8. The van der Waals surface area contributed by atoms with E-state index in [2.05, 4.69) is 0 Å². The molecule has 0 rings (SSSR count). The zero-order valence-corrected chi connectivity index (χ0v) is 16.8. The lowest BCUT2D eigenvalue weighted by Gasteiger charge is -2.40. The third-order valence-electron chi connectivity index (χ3n) is 3.93. The Morgan fingerprint density at radius 1 is 0.688 bits per heavy atom. The molecule has 32 heavy (non-hydrogen) atoms. The molecule has 0 saturated carbocycles. The minimum Gasteiger partial charge on any atom is -0.772 e. The maximum Gasteiger partial charge on any atom is 0.460 e. The second-order valence-corrected chi connectivity index (χ2v) is 8.73. The van der Waals surface area contributed by atoms with Gasteiger partial charge in [-0.2, -0.15) is 57.1 Å². The van der Waals surface area contributed by atoms with E-state index >= 15 is 0 Å². The molecule has 194 valence electrons. The number of hydrogen-bond acceptors (Lipinski definition) is 4. The molecule has 0 unspecified atom stereocenters. The molecule has 0 aliphatic rings. The number of nitrogens with zero attached hydrogens (tertiary/aromatic N) is 2. The summed E-state index contributed by atoms with van der Waals surface area (Å²) in [6.07, 6.45) is -10.7. The number of halogens is 13. The van der Waals surface area contributed by atoms with Crippen LogP contribution in [0.1, 0.15) is 12.8 Å². The zero-order chi connectivity index (χ0) is 26.2. The molecule has 0 atom stereocenters. The Hall–Kier alpha value is -1.08. The summed E-state index contributed by atoms with van der Waals surface area (Å²) >= 11 is 0. The van der Waals surface area contributed by atoms with Crippen LogP contribution in [0.2, 0.25) is 0 Å². The van der Waals surface area contributed by atoms with Crippen molar-refractivity contribution in [2.45, 2.75) is 48.6 Å². The maximum absolute atomic E-state index is 13.6. The third kappa shape index (κ3) is 5.69. The monoisotopic (exact) mass is 527 g/mol. The third-order valence-corrected chi connectivity index (χ3v) is 5.45. The highest BCUT2D eigenvalue weighted by atomic mass is 32.2. The quantitative estimate of drug-likeness (QED) is 0.282. The Bertz CT molecular complexity index is 738. The van der Waals surface area contributed by atoms with E-state index < -0.39 is 69.0 Å². The van der Waals surface area contributed by atoms with Crippen LogP contribution in [0.4, 0.5) is 57.1 Å². The van der Waals surface area contributed by atoms with E-state index in [0.29, 0.717) is 0 Å². The van der Waals surface area contributed by atoms with Gasteiger partial charge in [0.1, 0.15) is 0 Å². The Morgan fingerprint density at radius 3 is 1.47 bits per heavy atom. The highest BCUT2D eigenvalue weighted by Crippen LogP contribution is 2.60. The van der Waals surface area contributed by atoms with Crippen molar-refractivity contribution in [3.63, 3.8) is 0 Å². The van der Waals surface area contributed by atoms with Gasteiger partial charge in [0.05, 0.1) is 5.75 Å². The van der Waals surface area contributed by atoms with Crippen molar-refractivity contribution in [1.82, 2.24) is 9.37 Å². The molecular formula is C13H16F13N2O3S-. The number of hydroxylamine groups is 1. The summed E-state index contributed by atoms with van der Waals surface area (Å²) < 4.78 is 190. The van der Waals surface area contributed by atoms with Gasteiger partial charge in [0.15, 0.2) is 0 Å². The van der Waals surface area contributed by atoms with E-state index in [1.165, 1.54) is 19.0 Å². The first kappa shape index (κ1) is 30.9. The highest BCUT2D eigenvalue weighted by molar-refractivity contribution is 7.89. The lowest BCUT2D eigenvalue weighted by atomic mass is 9.93. The van der Waals surface area contributed by atoms with Gasteiger partial charge in [0.2, 0.25) is 10.0 Å². The number of alkyl halides is 13. The molecule has 0 aromatic rings. The summed E-state index contributed by atoms with van der Waals surface area (Å²) in [6.45, 7) is -0.828. The fourth-order valence-electron chi connectivity index (χ4n) is 1.97. The molecule has 5 nitrogen and oxygen atoms in total. The smallest absolute Gasteiger partial charge is 0.460 e. The maximum atomic E-state index is 13.6. The van der Waals surface area contributed by atoms with Crippen LogP contribution in [0.3, 0.4) is 0 Å². The van der Waals surface area contributed by atoms with Gasteiger partial charge in [-0.3, -0.25) is 4.47 Å². The summed E-state index contributed by atoms with van der Waals surface area (Å²) in [5.74, 6) is -40.4. The Labute approximate surface area is 172 Å². The van der Waals surface area contributed by atoms with Gasteiger partial charge >= 0.3 is 35.8 Å². The van der Waals surface area contributed by atoms with Gasteiger partial charge in [-0.15, -0.1) is 0 Å². The van der Waals surface area contributed by atoms with Crippen LogP contribution in [0, 0.1) is 5.21 Å². The van der Waals surface area contributed by atoms with Crippen molar-refractivity contribution >= 4 is 10.0 Å². The van der Waals surface area contributed by atoms with E-state index in [0.717, 1.165) is 0 Å². The van der Waals surface area contributed by atoms with E-state index in [1.54, 1.807) is 0 Å². The summed E-state index contributed by atoms with van der Waals surface area (Å²) in [5.41, 5.74) is 0. The average molecular weight is 527 g/mol. The number of sulfonamides is 1. The summed E-state index contributed by atoms with van der Waals surface area (Å²) in [7, 11) is -2.45. The first-order valence-corrected chi connectivity index (χ1v) is 9.68. The van der Waals surface area contributed by atoms with Crippen LogP contribution in [0.5, 0.6) is 0 Å². The number of hydrogen-bond donors (Lipinski definition) is 0. The minimum atomic E-state index is -8.07.